The van der Waals surface area contributed by atoms with E-state index in [1.807, 2.05) is 24.4 Å². The predicted octanol–water partition coefficient (Wildman–Crippen LogP) is 2.43. The summed E-state index contributed by atoms with van der Waals surface area (Å²) in [6, 6.07) is 5.98. The zero-order chi connectivity index (χ0) is 18.1. The van der Waals surface area contributed by atoms with Crippen LogP contribution in [0.1, 0.15) is 37.8 Å². The summed E-state index contributed by atoms with van der Waals surface area (Å²) in [7, 11) is 0. The molecule has 0 amide bonds. The van der Waals surface area contributed by atoms with Crippen molar-refractivity contribution < 1.29 is 4.74 Å². The predicted molar refractivity (Wildman–Crippen MR) is 121 cm³/mol. The molecule has 0 radical (unpaired) electrons. The van der Waals surface area contributed by atoms with Crippen LogP contribution in [0.5, 0.6) is 0 Å². The number of morpholine rings is 1. The summed E-state index contributed by atoms with van der Waals surface area (Å²) in [6.07, 6.45) is 9.18. The molecule has 2 heterocycles. The van der Waals surface area contributed by atoms with Crippen molar-refractivity contribution in [2.24, 2.45) is 16.1 Å². The minimum atomic E-state index is 0. The molecule has 27 heavy (non-hydrogen) atoms. The Morgan fingerprint density at radius 2 is 2.00 bits per heavy atom. The number of nitrogens with two attached hydrogens (primary N) is 1. The maximum atomic E-state index is 6.13. The van der Waals surface area contributed by atoms with E-state index in [0.29, 0.717) is 5.96 Å². The van der Waals surface area contributed by atoms with E-state index in [0.717, 1.165) is 58.1 Å². The Morgan fingerprint density at radius 1 is 1.22 bits per heavy atom. The van der Waals surface area contributed by atoms with Gasteiger partial charge in [-0.25, -0.2) is 0 Å². The molecule has 2 fully saturated rings. The number of pyridine rings is 1. The quantitative estimate of drug-likeness (QED) is 0.351. The van der Waals surface area contributed by atoms with E-state index < -0.39 is 0 Å². The third-order valence-corrected chi connectivity index (χ3v) is 5.58. The van der Waals surface area contributed by atoms with Crippen molar-refractivity contribution in [1.29, 1.82) is 0 Å². The molecule has 1 aliphatic heterocycles. The fraction of sp³-hybridized carbons (Fsp3) is 0.700. The van der Waals surface area contributed by atoms with Crippen molar-refractivity contribution in [2.45, 2.75) is 38.5 Å². The van der Waals surface area contributed by atoms with E-state index in [-0.39, 0.29) is 29.4 Å². The van der Waals surface area contributed by atoms with E-state index in [2.05, 4.69) is 15.2 Å². The third-order valence-electron chi connectivity index (χ3n) is 5.58. The van der Waals surface area contributed by atoms with Gasteiger partial charge in [-0.1, -0.05) is 25.3 Å². The fourth-order valence-electron chi connectivity index (χ4n) is 4.08. The van der Waals surface area contributed by atoms with Crippen LogP contribution in [0.15, 0.2) is 29.4 Å². The average Bonchev–Trinajstić information content (AvgIpc) is 2.69. The SMILES string of the molecule is I.NC(=NCC1(CN2CCOCC2)CCCCC1)NCCc1ccccn1. The number of ether oxygens (including phenoxy) is 1. The van der Waals surface area contributed by atoms with Gasteiger partial charge in [0, 0.05) is 56.5 Å². The van der Waals surface area contributed by atoms with Gasteiger partial charge in [0.05, 0.1) is 13.2 Å². The number of halogens is 1. The van der Waals surface area contributed by atoms with Crippen LogP contribution in [0.2, 0.25) is 0 Å². The van der Waals surface area contributed by atoms with Gasteiger partial charge in [0.2, 0.25) is 0 Å². The molecule has 3 rings (SSSR count). The van der Waals surface area contributed by atoms with Crippen LogP contribution < -0.4 is 11.1 Å². The topological polar surface area (TPSA) is 75.8 Å². The van der Waals surface area contributed by atoms with Gasteiger partial charge < -0.3 is 15.8 Å². The van der Waals surface area contributed by atoms with Crippen molar-refractivity contribution in [2.75, 3.05) is 45.9 Å². The molecule has 6 nitrogen and oxygen atoms in total. The highest BCUT2D eigenvalue weighted by molar-refractivity contribution is 14.0. The van der Waals surface area contributed by atoms with Crippen molar-refractivity contribution >= 4 is 29.9 Å². The summed E-state index contributed by atoms with van der Waals surface area (Å²) >= 11 is 0. The van der Waals surface area contributed by atoms with Crippen molar-refractivity contribution in [3.05, 3.63) is 30.1 Å². The van der Waals surface area contributed by atoms with E-state index in [1.54, 1.807) is 0 Å². The maximum absolute atomic E-state index is 6.13. The van der Waals surface area contributed by atoms with Gasteiger partial charge in [0.1, 0.15) is 0 Å². The molecule has 3 N–H and O–H groups in total. The van der Waals surface area contributed by atoms with Crippen molar-refractivity contribution in [3.8, 4) is 0 Å². The molecule has 152 valence electrons. The molecule has 0 atom stereocenters. The van der Waals surface area contributed by atoms with Crippen molar-refractivity contribution in [1.82, 2.24) is 15.2 Å². The van der Waals surface area contributed by atoms with Crippen molar-refractivity contribution in [3.63, 3.8) is 0 Å². The van der Waals surface area contributed by atoms with E-state index in [9.17, 15) is 0 Å². The Labute approximate surface area is 180 Å². The summed E-state index contributed by atoms with van der Waals surface area (Å²) in [4.78, 5) is 11.6. The third kappa shape index (κ3) is 7.54. The summed E-state index contributed by atoms with van der Waals surface area (Å²) < 4.78 is 5.50. The van der Waals surface area contributed by atoms with Crippen LogP contribution in [0.4, 0.5) is 0 Å². The van der Waals surface area contributed by atoms with Gasteiger partial charge >= 0.3 is 0 Å². The second-order valence-corrected chi connectivity index (χ2v) is 7.65. The first kappa shape index (κ1) is 22.4. The number of aromatic nitrogens is 1. The number of hydrogen-bond donors (Lipinski definition) is 2. The number of guanidine groups is 1. The highest BCUT2D eigenvalue weighted by Crippen LogP contribution is 2.37. The van der Waals surface area contributed by atoms with Crippen LogP contribution >= 0.6 is 24.0 Å². The zero-order valence-corrected chi connectivity index (χ0v) is 18.6. The molecule has 1 aromatic rings. The van der Waals surface area contributed by atoms with Gasteiger partial charge in [-0.3, -0.25) is 14.9 Å². The molecule has 0 aromatic carbocycles. The Bertz CT molecular complexity index is 557. The highest BCUT2D eigenvalue weighted by atomic mass is 127. The van der Waals surface area contributed by atoms with Crippen LogP contribution in [-0.2, 0) is 11.2 Å². The second kappa shape index (κ2) is 11.8. The fourth-order valence-corrected chi connectivity index (χ4v) is 4.08. The van der Waals surface area contributed by atoms with Gasteiger partial charge in [0.15, 0.2) is 5.96 Å². The van der Waals surface area contributed by atoms with Gasteiger partial charge in [0.25, 0.3) is 0 Å². The van der Waals surface area contributed by atoms with Crippen LogP contribution in [0, 0.1) is 5.41 Å². The lowest BCUT2D eigenvalue weighted by molar-refractivity contribution is 0.00939. The number of hydrogen-bond acceptors (Lipinski definition) is 4. The van der Waals surface area contributed by atoms with Crippen LogP contribution in [-0.4, -0.2) is 61.8 Å². The molecule has 0 unspecified atom stereocenters. The summed E-state index contributed by atoms with van der Waals surface area (Å²) in [5.74, 6) is 0.563. The Balaban J connectivity index is 0.00000261. The molecule has 0 spiro atoms. The number of nitrogens with one attached hydrogen (secondary N) is 1. The minimum absolute atomic E-state index is 0. The highest BCUT2D eigenvalue weighted by Gasteiger charge is 2.34. The molecule has 1 aliphatic carbocycles. The lowest BCUT2D eigenvalue weighted by Crippen LogP contribution is -2.46. The molecule has 1 aromatic heterocycles. The number of nitrogens with zero attached hydrogens (tertiary/aromatic N) is 3. The largest absolute Gasteiger partial charge is 0.379 e. The normalized spacial score (nSPS) is 20.7. The number of aliphatic imine (C=N–C) groups is 1. The van der Waals surface area contributed by atoms with Crippen LogP contribution in [0.3, 0.4) is 0 Å². The standard InChI is InChI=1S/C20H33N5O.HI/c21-19(23-11-7-18-6-2-5-10-22-18)24-16-20(8-3-1-4-9-20)17-25-12-14-26-15-13-25;/h2,5-6,10H,1,3-4,7-9,11-17H2,(H3,21,23,24);1H. The lowest BCUT2D eigenvalue weighted by Gasteiger charge is -2.41. The maximum Gasteiger partial charge on any atom is 0.188 e. The summed E-state index contributed by atoms with van der Waals surface area (Å²) in [6.45, 7) is 6.52. The van der Waals surface area contributed by atoms with Gasteiger partial charge in [-0.2, -0.15) is 0 Å². The second-order valence-electron chi connectivity index (χ2n) is 7.65. The first-order chi connectivity index (χ1) is 12.8. The molecular formula is C20H34IN5O. The molecule has 7 heteroatoms. The first-order valence-corrected chi connectivity index (χ1v) is 10.00. The lowest BCUT2D eigenvalue weighted by atomic mass is 9.73. The zero-order valence-electron chi connectivity index (χ0n) is 16.2. The van der Waals surface area contributed by atoms with Crippen LogP contribution in [0.25, 0.3) is 0 Å². The van der Waals surface area contributed by atoms with Gasteiger partial charge in [-0.05, 0) is 25.0 Å². The molecule has 1 saturated carbocycles. The van der Waals surface area contributed by atoms with E-state index in [1.165, 1.54) is 32.1 Å². The molecular weight excluding hydrogens is 453 g/mol. The summed E-state index contributed by atoms with van der Waals surface area (Å²) in [5, 5.41) is 3.25. The smallest absolute Gasteiger partial charge is 0.188 e. The monoisotopic (exact) mass is 487 g/mol. The molecule has 0 bridgehead atoms. The first-order valence-electron chi connectivity index (χ1n) is 10.00. The van der Waals surface area contributed by atoms with Gasteiger partial charge in [-0.15, -0.1) is 24.0 Å². The molecule has 2 aliphatic rings. The molecule has 1 saturated heterocycles. The summed E-state index contributed by atoms with van der Waals surface area (Å²) in [5.41, 5.74) is 7.49. The number of rotatable bonds is 7. The van der Waals surface area contributed by atoms with E-state index in [4.69, 9.17) is 15.5 Å². The average molecular weight is 487 g/mol. The Kier molecular flexibility index (Phi) is 9.78. The Morgan fingerprint density at radius 3 is 2.70 bits per heavy atom. The Hall–Kier alpha value is -0.930. The van der Waals surface area contributed by atoms with E-state index >= 15 is 0 Å². The minimum Gasteiger partial charge on any atom is -0.379 e.